The third kappa shape index (κ3) is 1.86. The van der Waals surface area contributed by atoms with Crippen LogP contribution in [0.1, 0.15) is 25.5 Å². The summed E-state index contributed by atoms with van der Waals surface area (Å²) in [6.07, 6.45) is 2.73. The number of anilines is 1. The number of nitrogens with two attached hydrogens (primary N) is 1. The van der Waals surface area contributed by atoms with E-state index in [1.54, 1.807) is 0 Å². The van der Waals surface area contributed by atoms with Crippen molar-refractivity contribution in [2.45, 2.75) is 26.2 Å². The van der Waals surface area contributed by atoms with Crippen molar-refractivity contribution < 1.29 is 9.52 Å². The van der Waals surface area contributed by atoms with Crippen molar-refractivity contribution in [1.29, 1.82) is 0 Å². The molecule has 3 N–H and O–H groups in total. The number of rotatable bonds is 3. The van der Waals surface area contributed by atoms with Gasteiger partial charge < -0.3 is 15.3 Å². The Balaban J connectivity index is 2.62. The van der Waals surface area contributed by atoms with E-state index < -0.39 is 0 Å². The van der Waals surface area contributed by atoms with Crippen LogP contribution in [0.5, 0.6) is 5.88 Å². The first kappa shape index (κ1) is 7.91. The van der Waals surface area contributed by atoms with Crippen LogP contribution in [0.3, 0.4) is 0 Å². The fourth-order valence-corrected chi connectivity index (χ4v) is 0.862. The molecule has 0 saturated carbocycles. The molecule has 0 spiro atoms. The molecule has 0 aliphatic carbocycles. The van der Waals surface area contributed by atoms with Crippen LogP contribution in [0.4, 0.5) is 6.01 Å². The van der Waals surface area contributed by atoms with Crippen LogP contribution in [0, 0.1) is 0 Å². The molecule has 4 nitrogen and oxygen atoms in total. The number of oxazole rings is 1. The van der Waals surface area contributed by atoms with Crippen LogP contribution < -0.4 is 5.73 Å². The Kier molecular flexibility index (Phi) is 2.36. The van der Waals surface area contributed by atoms with Crippen LogP contribution in [0.2, 0.25) is 0 Å². The smallest absolute Gasteiger partial charge is 0.295 e. The zero-order chi connectivity index (χ0) is 8.27. The molecule has 11 heavy (non-hydrogen) atoms. The van der Waals surface area contributed by atoms with Crippen LogP contribution in [0.15, 0.2) is 4.42 Å². The molecule has 0 saturated heterocycles. The lowest BCUT2D eigenvalue weighted by atomic mass is 10.2. The van der Waals surface area contributed by atoms with Gasteiger partial charge in [-0.15, -0.1) is 0 Å². The van der Waals surface area contributed by atoms with Crippen molar-refractivity contribution >= 4 is 6.01 Å². The van der Waals surface area contributed by atoms with Gasteiger partial charge >= 0.3 is 0 Å². The van der Waals surface area contributed by atoms with E-state index in [2.05, 4.69) is 11.9 Å². The molecule has 1 aromatic heterocycles. The highest BCUT2D eigenvalue weighted by molar-refractivity contribution is 5.23. The second-order valence-electron chi connectivity index (χ2n) is 2.40. The first-order valence-corrected chi connectivity index (χ1v) is 3.68. The number of nitrogen functional groups attached to an aromatic ring is 1. The van der Waals surface area contributed by atoms with E-state index >= 15 is 0 Å². The van der Waals surface area contributed by atoms with E-state index in [0.717, 1.165) is 12.8 Å². The molecule has 0 aliphatic rings. The summed E-state index contributed by atoms with van der Waals surface area (Å²) in [5.74, 6) is 0.417. The van der Waals surface area contributed by atoms with E-state index in [4.69, 9.17) is 15.3 Å². The molecule has 4 heteroatoms. The zero-order valence-electron chi connectivity index (χ0n) is 6.50. The first-order valence-electron chi connectivity index (χ1n) is 3.68. The van der Waals surface area contributed by atoms with E-state index in [1.807, 2.05) is 0 Å². The summed E-state index contributed by atoms with van der Waals surface area (Å²) in [7, 11) is 0. The Hall–Kier alpha value is -1.19. The highest BCUT2D eigenvalue weighted by Crippen LogP contribution is 2.20. The molecule has 0 bridgehead atoms. The van der Waals surface area contributed by atoms with Crippen molar-refractivity contribution in [3.05, 3.63) is 5.76 Å². The minimum Gasteiger partial charge on any atom is -0.491 e. The fourth-order valence-electron chi connectivity index (χ4n) is 0.862. The topological polar surface area (TPSA) is 72.3 Å². The predicted molar refractivity (Wildman–Crippen MR) is 41.2 cm³/mol. The van der Waals surface area contributed by atoms with Crippen LogP contribution in [-0.2, 0) is 6.42 Å². The predicted octanol–water partition coefficient (Wildman–Crippen LogP) is 1.30. The molecule has 0 atom stereocenters. The number of aromatic hydroxyl groups is 1. The minimum absolute atomic E-state index is 0.0357. The highest BCUT2D eigenvalue weighted by atomic mass is 16.4. The average Bonchev–Trinajstić information content (AvgIpc) is 2.26. The van der Waals surface area contributed by atoms with Gasteiger partial charge in [0.25, 0.3) is 11.9 Å². The molecule has 0 aliphatic heterocycles. The van der Waals surface area contributed by atoms with Gasteiger partial charge in [-0.1, -0.05) is 13.3 Å². The van der Waals surface area contributed by atoms with Gasteiger partial charge in [0.15, 0.2) is 5.76 Å². The number of aromatic nitrogens is 1. The van der Waals surface area contributed by atoms with Crippen molar-refractivity contribution in [3.63, 3.8) is 0 Å². The summed E-state index contributed by atoms with van der Waals surface area (Å²) in [6, 6.07) is 0.0357. The first-order chi connectivity index (χ1) is 5.24. The number of aryl methyl sites for hydroxylation is 1. The Labute approximate surface area is 65.0 Å². The minimum atomic E-state index is -0.0732. The zero-order valence-corrected chi connectivity index (χ0v) is 6.50. The molecule has 0 radical (unpaired) electrons. The summed E-state index contributed by atoms with van der Waals surface area (Å²) in [4.78, 5) is 3.53. The third-order valence-electron chi connectivity index (χ3n) is 1.45. The lowest BCUT2D eigenvalue weighted by molar-refractivity contribution is 0.424. The molecule has 0 unspecified atom stereocenters. The summed E-state index contributed by atoms with van der Waals surface area (Å²) in [5, 5.41) is 9.07. The normalized spacial score (nSPS) is 10.3. The largest absolute Gasteiger partial charge is 0.491 e. The lowest BCUT2D eigenvalue weighted by Crippen LogP contribution is -1.81. The highest BCUT2D eigenvalue weighted by Gasteiger charge is 2.08. The SMILES string of the molecule is CCCCc1oc(N)nc1O. The Morgan fingerprint density at radius 1 is 1.64 bits per heavy atom. The van der Waals surface area contributed by atoms with Gasteiger partial charge in [0.05, 0.1) is 0 Å². The molecule has 0 aromatic carbocycles. The Bertz CT molecular complexity index is 232. The quantitative estimate of drug-likeness (QED) is 0.692. The summed E-state index contributed by atoms with van der Waals surface area (Å²) in [5.41, 5.74) is 5.21. The summed E-state index contributed by atoms with van der Waals surface area (Å²) in [6.45, 7) is 2.07. The molecule has 1 rings (SSSR count). The van der Waals surface area contributed by atoms with Crippen LogP contribution >= 0.6 is 0 Å². The molecule has 1 heterocycles. The van der Waals surface area contributed by atoms with Gasteiger partial charge in [0, 0.05) is 6.42 Å². The van der Waals surface area contributed by atoms with Gasteiger partial charge in [0.2, 0.25) is 0 Å². The Morgan fingerprint density at radius 2 is 2.36 bits per heavy atom. The average molecular weight is 156 g/mol. The molecular formula is C7H12N2O2. The second-order valence-corrected chi connectivity index (χ2v) is 2.40. The maximum atomic E-state index is 9.07. The van der Waals surface area contributed by atoms with E-state index in [1.165, 1.54) is 0 Å². The summed E-state index contributed by atoms with van der Waals surface area (Å²) >= 11 is 0. The number of nitrogens with zero attached hydrogens (tertiary/aromatic N) is 1. The Morgan fingerprint density at radius 3 is 2.82 bits per heavy atom. The van der Waals surface area contributed by atoms with Gasteiger partial charge in [-0.2, -0.15) is 4.98 Å². The number of hydrogen-bond donors (Lipinski definition) is 2. The second kappa shape index (κ2) is 3.27. The van der Waals surface area contributed by atoms with E-state index in [9.17, 15) is 0 Å². The fraction of sp³-hybridized carbons (Fsp3) is 0.571. The van der Waals surface area contributed by atoms with Crippen molar-refractivity contribution in [2.24, 2.45) is 0 Å². The number of hydrogen-bond acceptors (Lipinski definition) is 4. The van der Waals surface area contributed by atoms with Crippen molar-refractivity contribution in [1.82, 2.24) is 4.98 Å². The number of unbranched alkanes of at least 4 members (excludes halogenated alkanes) is 1. The van der Waals surface area contributed by atoms with E-state index in [0.29, 0.717) is 12.2 Å². The maximum absolute atomic E-state index is 9.07. The molecule has 62 valence electrons. The van der Waals surface area contributed by atoms with Crippen molar-refractivity contribution in [3.8, 4) is 5.88 Å². The standard InChI is InChI=1S/C7H12N2O2/c1-2-3-4-5-6(10)9-7(8)11-5/h10H,2-4H2,1H3,(H2,8,9). The lowest BCUT2D eigenvalue weighted by Gasteiger charge is -1.91. The van der Waals surface area contributed by atoms with Gasteiger partial charge in [-0.05, 0) is 6.42 Å². The third-order valence-corrected chi connectivity index (χ3v) is 1.45. The van der Waals surface area contributed by atoms with Crippen LogP contribution in [0.25, 0.3) is 0 Å². The van der Waals surface area contributed by atoms with Gasteiger partial charge in [-0.25, -0.2) is 0 Å². The molecule has 0 amide bonds. The van der Waals surface area contributed by atoms with Crippen LogP contribution in [-0.4, -0.2) is 10.1 Å². The van der Waals surface area contributed by atoms with Gasteiger partial charge in [-0.3, -0.25) is 0 Å². The molecule has 1 aromatic rings. The molecule has 0 fully saturated rings. The van der Waals surface area contributed by atoms with Crippen molar-refractivity contribution in [2.75, 3.05) is 5.73 Å². The van der Waals surface area contributed by atoms with Gasteiger partial charge in [0.1, 0.15) is 0 Å². The summed E-state index contributed by atoms with van der Waals surface area (Å²) < 4.78 is 4.93. The molecular weight excluding hydrogens is 144 g/mol. The monoisotopic (exact) mass is 156 g/mol. The maximum Gasteiger partial charge on any atom is 0.295 e. The van der Waals surface area contributed by atoms with E-state index in [-0.39, 0.29) is 11.9 Å².